The predicted octanol–water partition coefficient (Wildman–Crippen LogP) is 2.11. The molecule has 134 valence electrons. The van der Waals surface area contributed by atoms with E-state index in [0.29, 0.717) is 51.4 Å². The van der Waals surface area contributed by atoms with Crippen LogP contribution in [-0.4, -0.2) is 56.3 Å². The van der Waals surface area contributed by atoms with Gasteiger partial charge in [0, 0.05) is 32.6 Å². The third kappa shape index (κ3) is 4.48. The van der Waals surface area contributed by atoms with E-state index in [9.17, 15) is 13.2 Å². The van der Waals surface area contributed by atoms with Crippen molar-refractivity contribution < 1.29 is 17.9 Å². The standard InChI is InChI=1S/C17H26N2O4S/c1-3-6-17(20)18-11-5-12-19(14-13-18)24(21,22)16-9-7-15(8-10-16)23-4-2/h7-10H,3-6,11-14H2,1-2H3. The van der Waals surface area contributed by atoms with Crippen LogP contribution in [0.2, 0.25) is 0 Å². The van der Waals surface area contributed by atoms with Crippen LogP contribution in [-0.2, 0) is 14.8 Å². The van der Waals surface area contributed by atoms with Crippen LogP contribution in [0.5, 0.6) is 5.75 Å². The molecule has 1 aliphatic rings. The number of benzene rings is 1. The molecular weight excluding hydrogens is 328 g/mol. The van der Waals surface area contributed by atoms with Crippen molar-refractivity contribution in [3.8, 4) is 5.75 Å². The highest BCUT2D eigenvalue weighted by Gasteiger charge is 2.28. The van der Waals surface area contributed by atoms with Gasteiger partial charge in [-0.3, -0.25) is 4.79 Å². The number of ether oxygens (including phenoxy) is 1. The smallest absolute Gasteiger partial charge is 0.243 e. The van der Waals surface area contributed by atoms with Gasteiger partial charge in [-0.25, -0.2) is 8.42 Å². The van der Waals surface area contributed by atoms with Crippen LogP contribution in [0.3, 0.4) is 0 Å². The van der Waals surface area contributed by atoms with Crippen molar-refractivity contribution in [3.05, 3.63) is 24.3 Å². The van der Waals surface area contributed by atoms with Gasteiger partial charge in [-0.05, 0) is 44.0 Å². The largest absolute Gasteiger partial charge is 0.494 e. The number of hydrogen-bond donors (Lipinski definition) is 0. The van der Waals surface area contributed by atoms with Crippen LogP contribution in [0.15, 0.2) is 29.2 Å². The summed E-state index contributed by atoms with van der Waals surface area (Å²) in [6.07, 6.45) is 1.99. The predicted molar refractivity (Wildman–Crippen MR) is 92.5 cm³/mol. The van der Waals surface area contributed by atoms with Gasteiger partial charge in [0.25, 0.3) is 0 Å². The topological polar surface area (TPSA) is 66.9 Å². The van der Waals surface area contributed by atoms with Gasteiger partial charge in [0.1, 0.15) is 5.75 Å². The lowest BCUT2D eigenvalue weighted by atomic mass is 10.3. The molecule has 0 saturated carbocycles. The monoisotopic (exact) mass is 354 g/mol. The molecule has 1 heterocycles. The number of carbonyl (C=O) groups excluding carboxylic acids is 1. The normalized spacial score (nSPS) is 16.7. The molecule has 2 rings (SSSR count). The highest BCUT2D eigenvalue weighted by atomic mass is 32.2. The molecule has 0 aromatic heterocycles. The molecule has 1 aliphatic heterocycles. The summed E-state index contributed by atoms with van der Waals surface area (Å²) in [5.41, 5.74) is 0. The Labute approximate surface area is 144 Å². The lowest BCUT2D eigenvalue weighted by Crippen LogP contribution is -2.37. The Balaban J connectivity index is 2.08. The van der Waals surface area contributed by atoms with Crippen molar-refractivity contribution in [1.29, 1.82) is 0 Å². The Morgan fingerprint density at radius 1 is 1.08 bits per heavy atom. The van der Waals surface area contributed by atoms with E-state index in [-0.39, 0.29) is 10.8 Å². The molecule has 0 spiro atoms. The maximum Gasteiger partial charge on any atom is 0.243 e. The van der Waals surface area contributed by atoms with Gasteiger partial charge < -0.3 is 9.64 Å². The third-order valence-corrected chi connectivity index (χ3v) is 5.96. The Hall–Kier alpha value is -1.60. The number of carbonyl (C=O) groups is 1. The zero-order valence-corrected chi connectivity index (χ0v) is 15.2. The Bertz CT molecular complexity index is 643. The minimum Gasteiger partial charge on any atom is -0.494 e. The highest BCUT2D eigenvalue weighted by molar-refractivity contribution is 7.89. The number of rotatable bonds is 6. The highest BCUT2D eigenvalue weighted by Crippen LogP contribution is 2.21. The molecule has 6 nitrogen and oxygen atoms in total. The van der Waals surface area contributed by atoms with Crippen molar-refractivity contribution >= 4 is 15.9 Å². The first-order valence-electron chi connectivity index (χ1n) is 8.49. The summed E-state index contributed by atoms with van der Waals surface area (Å²) in [4.78, 5) is 14.1. The number of nitrogens with zero attached hydrogens (tertiary/aromatic N) is 2. The van der Waals surface area contributed by atoms with Crippen molar-refractivity contribution in [3.63, 3.8) is 0 Å². The first kappa shape index (κ1) is 18.7. The molecule has 0 N–H and O–H groups in total. The number of amides is 1. The fourth-order valence-corrected chi connectivity index (χ4v) is 4.25. The number of hydrogen-bond acceptors (Lipinski definition) is 4. The summed E-state index contributed by atoms with van der Waals surface area (Å²) in [7, 11) is -3.54. The van der Waals surface area contributed by atoms with Gasteiger partial charge in [0.2, 0.25) is 15.9 Å². The van der Waals surface area contributed by atoms with Crippen molar-refractivity contribution in [2.45, 2.75) is 38.0 Å². The van der Waals surface area contributed by atoms with E-state index in [1.807, 2.05) is 13.8 Å². The van der Waals surface area contributed by atoms with E-state index in [0.717, 1.165) is 6.42 Å². The third-order valence-electron chi connectivity index (χ3n) is 4.04. The molecule has 0 bridgehead atoms. The van der Waals surface area contributed by atoms with Gasteiger partial charge in [0.15, 0.2) is 0 Å². The zero-order chi connectivity index (χ0) is 17.6. The summed E-state index contributed by atoms with van der Waals surface area (Å²) in [5, 5.41) is 0. The first-order chi connectivity index (χ1) is 11.5. The van der Waals surface area contributed by atoms with E-state index in [4.69, 9.17) is 4.74 Å². The lowest BCUT2D eigenvalue weighted by Gasteiger charge is -2.22. The van der Waals surface area contributed by atoms with Crippen LogP contribution in [0.4, 0.5) is 0 Å². The first-order valence-corrected chi connectivity index (χ1v) is 9.93. The quantitative estimate of drug-likeness (QED) is 0.785. The van der Waals surface area contributed by atoms with Crippen molar-refractivity contribution in [2.24, 2.45) is 0 Å². The van der Waals surface area contributed by atoms with E-state index >= 15 is 0 Å². The molecule has 7 heteroatoms. The molecule has 0 radical (unpaired) electrons. The van der Waals surface area contributed by atoms with Crippen molar-refractivity contribution in [1.82, 2.24) is 9.21 Å². The van der Waals surface area contributed by atoms with Crippen LogP contribution < -0.4 is 4.74 Å². The van der Waals surface area contributed by atoms with Gasteiger partial charge in [-0.2, -0.15) is 4.31 Å². The Kier molecular flexibility index (Phi) is 6.62. The molecule has 0 unspecified atom stereocenters. The number of sulfonamides is 1. The second-order valence-electron chi connectivity index (χ2n) is 5.79. The van der Waals surface area contributed by atoms with E-state index in [2.05, 4.69) is 0 Å². The molecule has 1 saturated heterocycles. The molecule has 1 aromatic carbocycles. The Morgan fingerprint density at radius 3 is 2.42 bits per heavy atom. The molecule has 24 heavy (non-hydrogen) atoms. The maximum atomic E-state index is 12.8. The van der Waals surface area contributed by atoms with E-state index < -0.39 is 10.0 Å². The summed E-state index contributed by atoms with van der Waals surface area (Å²) >= 11 is 0. The second-order valence-corrected chi connectivity index (χ2v) is 7.73. The molecule has 0 aliphatic carbocycles. The SMILES string of the molecule is CCCC(=O)N1CCCN(S(=O)(=O)c2ccc(OCC)cc2)CC1. The lowest BCUT2D eigenvalue weighted by molar-refractivity contribution is -0.131. The summed E-state index contributed by atoms with van der Waals surface area (Å²) in [6, 6.07) is 6.49. The minimum atomic E-state index is -3.54. The van der Waals surface area contributed by atoms with Crippen LogP contribution >= 0.6 is 0 Å². The fourth-order valence-electron chi connectivity index (χ4n) is 2.78. The average Bonchev–Trinajstić information content (AvgIpc) is 2.82. The van der Waals surface area contributed by atoms with Crippen molar-refractivity contribution in [2.75, 3.05) is 32.8 Å². The van der Waals surface area contributed by atoms with E-state index in [1.54, 1.807) is 29.2 Å². The molecule has 1 amide bonds. The fraction of sp³-hybridized carbons (Fsp3) is 0.588. The Morgan fingerprint density at radius 2 is 1.79 bits per heavy atom. The summed E-state index contributed by atoms with van der Waals surface area (Å²) in [5.74, 6) is 0.765. The molecular formula is C17H26N2O4S. The minimum absolute atomic E-state index is 0.109. The maximum absolute atomic E-state index is 12.8. The second kappa shape index (κ2) is 8.48. The van der Waals surface area contributed by atoms with Crippen LogP contribution in [0.25, 0.3) is 0 Å². The van der Waals surface area contributed by atoms with Crippen LogP contribution in [0, 0.1) is 0 Å². The van der Waals surface area contributed by atoms with Gasteiger partial charge in [0.05, 0.1) is 11.5 Å². The zero-order valence-electron chi connectivity index (χ0n) is 14.4. The van der Waals surface area contributed by atoms with Crippen LogP contribution in [0.1, 0.15) is 33.1 Å². The van der Waals surface area contributed by atoms with Gasteiger partial charge in [-0.15, -0.1) is 0 Å². The summed E-state index contributed by atoms with van der Waals surface area (Å²) < 4.78 is 32.4. The van der Waals surface area contributed by atoms with E-state index in [1.165, 1.54) is 4.31 Å². The van der Waals surface area contributed by atoms with Gasteiger partial charge >= 0.3 is 0 Å². The summed E-state index contributed by atoms with van der Waals surface area (Å²) in [6.45, 7) is 6.24. The van der Waals surface area contributed by atoms with Gasteiger partial charge in [-0.1, -0.05) is 6.92 Å². The average molecular weight is 354 g/mol. The molecule has 1 fully saturated rings. The molecule has 0 atom stereocenters. The molecule has 1 aromatic rings.